The average Bonchev–Trinajstić information content (AvgIpc) is 3.29. The maximum atomic E-state index is 12.6. The van der Waals surface area contributed by atoms with Gasteiger partial charge in [0.1, 0.15) is 11.5 Å². The number of carbonyl (C=O) groups is 2. The Morgan fingerprint density at radius 1 is 1.15 bits per heavy atom. The number of imide groups is 1. The van der Waals surface area contributed by atoms with Crippen molar-refractivity contribution in [1.82, 2.24) is 4.90 Å². The van der Waals surface area contributed by atoms with E-state index in [0.717, 1.165) is 49.1 Å². The summed E-state index contributed by atoms with van der Waals surface area (Å²) in [6, 6.07) is 3.45. The highest BCUT2D eigenvalue weighted by Gasteiger charge is 2.37. The second kappa shape index (κ2) is 8.08. The van der Waals surface area contributed by atoms with Crippen LogP contribution in [0.4, 0.5) is 10.5 Å². The summed E-state index contributed by atoms with van der Waals surface area (Å²) in [7, 11) is 3.23. The Balaban J connectivity index is 1.99. The molecular weight excluding hydrogens is 364 g/mol. The van der Waals surface area contributed by atoms with Crippen LogP contribution in [0.3, 0.4) is 0 Å². The molecule has 7 heteroatoms. The van der Waals surface area contributed by atoms with Crippen molar-refractivity contribution < 1.29 is 19.1 Å². The SMILES string of the molecule is C=C[C@H](C)N1C(=O)S/C(=C/c2cc(OC)c(N3CCCC3)cc2OC)C1=O. The number of rotatable bonds is 6. The summed E-state index contributed by atoms with van der Waals surface area (Å²) in [5, 5.41) is -0.293. The second-order valence-electron chi connectivity index (χ2n) is 6.49. The lowest BCUT2D eigenvalue weighted by atomic mass is 10.1. The third-order valence-electron chi connectivity index (χ3n) is 4.84. The van der Waals surface area contributed by atoms with E-state index in [9.17, 15) is 9.59 Å². The molecule has 0 aliphatic carbocycles. The van der Waals surface area contributed by atoms with Gasteiger partial charge in [0.25, 0.3) is 11.1 Å². The minimum atomic E-state index is -0.350. The number of thioether (sulfide) groups is 1. The number of methoxy groups -OCH3 is 2. The molecule has 0 N–H and O–H groups in total. The van der Waals surface area contributed by atoms with Crippen molar-refractivity contribution >= 4 is 34.7 Å². The Morgan fingerprint density at radius 3 is 2.41 bits per heavy atom. The molecule has 144 valence electrons. The number of hydrogen-bond donors (Lipinski definition) is 0. The van der Waals surface area contributed by atoms with E-state index < -0.39 is 0 Å². The lowest BCUT2D eigenvalue weighted by Crippen LogP contribution is -2.35. The first kappa shape index (κ1) is 19.4. The van der Waals surface area contributed by atoms with Gasteiger partial charge in [0.2, 0.25) is 0 Å². The predicted molar refractivity (Wildman–Crippen MR) is 108 cm³/mol. The summed E-state index contributed by atoms with van der Waals surface area (Å²) < 4.78 is 11.1. The van der Waals surface area contributed by atoms with Gasteiger partial charge in [0, 0.05) is 24.7 Å². The maximum Gasteiger partial charge on any atom is 0.294 e. The highest BCUT2D eigenvalue weighted by molar-refractivity contribution is 8.18. The van der Waals surface area contributed by atoms with Gasteiger partial charge in [-0.25, -0.2) is 0 Å². The standard InChI is InChI=1S/C20H24N2O4S/c1-5-13(2)22-19(23)18(27-20(22)24)11-14-10-17(26-4)15(12-16(14)25-3)21-8-6-7-9-21/h5,10-13H,1,6-9H2,2-4H3/b18-11+/t13-/m0/s1. The summed E-state index contributed by atoms with van der Waals surface area (Å²) in [4.78, 5) is 28.7. The van der Waals surface area contributed by atoms with Crippen LogP contribution in [0, 0.1) is 0 Å². The van der Waals surface area contributed by atoms with Crippen molar-refractivity contribution in [3.05, 3.63) is 35.3 Å². The van der Waals surface area contributed by atoms with Gasteiger partial charge < -0.3 is 14.4 Å². The van der Waals surface area contributed by atoms with E-state index >= 15 is 0 Å². The molecule has 2 saturated heterocycles. The van der Waals surface area contributed by atoms with Crippen molar-refractivity contribution in [3.8, 4) is 11.5 Å². The molecule has 1 atom stereocenters. The van der Waals surface area contributed by atoms with Crippen molar-refractivity contribution in [2.75, 3.05) is 32.2 Å². The Kier molecular flexibility index (Phi) is 5.79. The number of anilines is 1. The molecular formula is C20H24N2O4S. The molecule has 1 aromatic rings. The van der Waals surface area contributed by atoms with E-state index in [1.54, 1.807) is 33.3 Å². The van der Waals surface area contributed by atoms with E-state index in [2.05, 4.69) is 11.5 Å². The molecule has 2 aliphatic rings. The van der Waals surface area contributed by atoms with Crippen LogP contribution < -0.4 is 14.4 Å². The third-order valence-corrected chi connectivity index (χ3v) is 5.72. The number of carbonyl (C=O) groups excluding carboxylic acids is 2. The molecule has 3 rings (SSSR count). The number of ether oxygens (including phenoxy) is 2. The van der Waals surface area contributed by atoms with E-state index in [-0.39, 0.29) is 17.2 Å². The highest BCUT2D eigenvalue weighted by atomic mass is 32.2. The van der Waals surface area contributed by atoms with Gasteiger partial charge in [0.05, 0.1) is 30.9 Å². The third kappa shape index (κ3) is 3.69. The molecule has 0 aromatic heterocycles. The van der Waals surface area contributed by atoms with Crippen molar-refractivity contribution in [1.29, 1.82) is 0 Å². The Hall–Kier alpha value is -2.41. The second-order valence-corrected chi connectivity index (χ2v) is 7.48. The Morgan fingerprint density at radius 2 is 1.81 bits per heavy atom. The van der Waals surface area contributed by atoms with Gasteiger partial charge >= 0.3 is 0 Å². The zero-order chi connectivity index (χ0) is 19.6. The number of amides is 2. The molecule has 2 amide bonds. The lowest BCUT2D eigenvalue weighted by Gasteiger charge is -2.22. The van der Waals surface area contributed by atoms with Gasteiger partial charge in [-0.05, 0) is 43.7 Å². The lowest BCUT2D eigenvalue weighted by molar-refractivity contribution is -0.123. The topological polar surface area (TPSA) is 59.1 Å². The predicted octanol–water partition coefficient (Wildman–Crippen LogP) is 3.91. The minimum absolute atomic E-state index is 0.293. The van der Waals surface area contributed by atoms with Gasteiger partial charge in [-0.2, -0.15) is 0 Å². The summed E-state index contributed by atoms with van der Waals surface area (Å²) in [5.41, 5.74) is 1.69. The number of hydrogen-bond acceptors (Lipinski definition) is 6. The largest absolute Gasteiger partial charge is 0.496 e. The van der Waals surface area contributed by atoms with Crippen LogP contribution in [0.15, 0.2) is 29.7 Å². The first-order valence-corrected chi connectivity index (χ1v) is 9.72. The van der Waals surface area contributed by atoms with Gasteiger partial charge in [-0.1, -0.05) is 6.08 Å². The first-order valence-electron chi connectivity index (χ1n) is 8.90. The van der Waals surface area contributed by atoms with Crippen LogP contribution >= 0.6 is 11.8 Å². The van der Waals surface area contributed by atoms with Crippen LogP contribution in [-0.4, -0.2) is 49.4 Å². The molecule has 0 unspecified atom stereocenters. The monoisotopic (exact) mass is 388 g/mol. The molecule has 2 fully saturated rings. The maximum absolute atomic E-state index is 12.6. The molecule has 2 aliphatic heterocycles. The number of benzene rings is 1. The van der Waals surface area contributed by atoms with Gasteiger partial charge in [-0.3, -0.25) is 14.5 Å². The molecule has 0 radical (unpaired) electrons. The van der Waals surface area contributed by atoms with Crippen molar-refractivity contribution in [2.24, 2.45) is 0 Å². The van der Waals surface area contributed by atoms with Crippen LogP contribution in [0.25, 0.3) is 6.08 Å². The Labute approximate surface area is 163 Å². The van der Waals surface area contributed by atoms with Crippen LogP contribution in [0.2, 0.25) is 0 Å². The quantitative estimate of drug-likeness (QED) is 0.544. The van der Waals surface area contributed by atoms with E-state index in [4.69, 9.17) is 9.47 Å². The zero-order valence-electron chi connectivity index (χ0n) is 15.9. The van der Waals surface area contributed by atoms with Crippen LogP contribution in [-0.2, 0) is 4.79 Å². The van der Waals surface area contributed by atoms with E-state index in [0.29, 0.717) is 16.2 Å². The molecule has 0 saturated carbocycles. The summed E-state index contributed by atoms with van der Waals surface area (Å²) >= 11 is 0.926. The summed E-state index contributed by atoms with van der Waals surface area (Å²) in [6.45, 7) is 7.40. The van der Waals surface area contributed by atoms with E-state index in [1.807, 2.05) is 12.1 Å². The van der Waals surface area contributed by atoms with E-state index in [1.165, 1.54) is 4.90 Å². The smallest absolute Gasteiger partial charge is 0.294 e. The van der Waals surface area contributed by atoms with Crippen LogP contribution in [0.5, 0.6) is 11.5 Å². The van der Waals surface area contributed by atoms with Gasteiger partial charge in [0.15, 0.2) is 0 Å². The van der Waals surface area contributed by atoms with Gasteiger partial charge in [-0.15, -0.1) is 6.58 Å². The molecule has 27 heavy (non-hydrogen) atoms. The Bertz CT molecular complexity index is 799. The summed E-state index contributed by atoms with van der Waals surface area (Å²) in [6.07, 6.45) is 5.58. The molecule has 1 aromatic carbocycles. The highest BCUT2D eigenvalue weighted by Crippen LogP contribution is 2.40. The molecule has 0 bridgehead atoms. The normalized spacial score (nSPS) is 19.7. The van der Waals surface area contributed by atoms with Crippen molar-refractivity contribution in [3.63, 3.8) is 0 Å². The minimum Gasteiger partial charge on any atom is -0.496 e. The average molecular weight is 388 g/mol. The first-order chi connectivity index (χ1) is 13.0. The fourth-order valence-electron chi connectivity index (χ4n) is 3.30. The van der Waals surface area contributed by atoms with Crippen molar-refractivity contribution in [2.45, 2.75) is 25.8 Å². The molecule has 2 heterocycles. The molecule has 6 nitrogen and oxygen atoms in total. The summed E-state index contributed by atoms with van der Waals surface area (Å²) in [5.74, 6) is 1.05. The fraction of sp³-hybridized carbons (Fsp3) is 0.400. The fourth-order valence-corrected chi connectivity index (χ4v) is 4.21. The van der Waals surface area contributed by atoms with Crippen LogP contribution in [0.1, 0.15) is 25.3 Å². The zero-order valence-corrected chi connectivity index (χ0v) is 16.7. The molecule has 0 spiro atoms. The number of nitrogens with zero attached hydrogens (tertiary/aromatic N) is 2.